The molecule has 2 saturated carbocycles. The van der Waals surface area contributed by atoms with Crippen molar-refractivity contribution in [2.24, 2.45) is 10.8 Å². The van der Waals surface area contributed by atoms with E-state index < -0.39 is 17.0 Å². The van der Waals surface area contributed by atoms with E-state index in [9.17, 15) is 15.0 Å². The summed E-state index contributed by atoms with van der Waals surface area (Å²) in [7, 11) is 0. The van der Waals surface area contributed by atoms with Crippen LogP contribution in [0.5, 0.6) is 0 Å². The highest BCUT2D eigenvalue weighted by molar-refractivity contribution is 5.78. The van der Waals surface area contributed by atoms with Gasteiger partial charge < -0.3 is 10.2 Å². The molecular formula is C13H22O3. The van der Waals surface area contributed by atoms with Gasteiger partial charge in [-0.1, -0.05) is 33.1 Å². The van der Waals surface area contributed by atoms with Gasteiger partial charge in [-0.2, -0.15) is 0 Å². The molecule has 3 heteroatoms. The highest BCUT2D eigenvalue weighted by Crippen LogP contribution is 2.62. The summed E-state index contributed by atoms with van der Waals surface area (Å²) in [6.45, 7) is 4.17. The molecule has 3 nitrogen and oxygen atoms in total. The van der Waals surface area contributed by atoms with Gasteiger partial charge in [0.05, 0.1) is 11.0 Å². The van der Waals surface area contributed by atoms with Crippen molar-refractivity contribution in [3.63, 3.8) is 0 Å². The van der Waals surface area contributed by atoms with E-state index in [2.05, 4.69) is 13.8 Å². The Kier molecular flexibility index (Phi) is 2.57. The molecule has 0 aromatic rings. The molecule has 0 bridgehead atoms. The van der Waals surface area contributed by atoms with Gasteiger partial charge in [0.15, 0.2) is 0 Å². The molecule has 16 heavy (non-hydrogen) atoms. The number of carboxylic acids is 1. The maximum Gasteiger partial charge on any atom is 0.312 e. The van der Waals surface area contributed by atoms with Crippen LogP contribution in [0.1, 0.15) is 58.8 Å². The number of aliphatic hydroxyl groups is 1. The molecule has 2 rings (SSSR count). The van der Waals surface area contributed by atoms with Crippen molar-refractivity contribution in [3.8, 4) is 0 Å². The van der Waals surface area contributed by atoms with Crippen LogP contribution in [-0.2, 0) is 4.79 Å². The molecule has 0 heterocycles. The maximum absolute atomic E-state index is 11.5. The molecule has 2 N–H and O–H groups in total. The predicted molar refractivity (Wildman–Crippen MR) is 61.1 cm³/mol. The first kappa shape index (κ1) is 11.9. The molecular weight excluding hydrogens is 204 g/mol. The zero-order valence-corrected chi connectivity index (χ0v) is 10.3. The van der Waals surface area contributed by atoms with Gasteiger partial charge in [0.2, 0.25) is 0 Å². The van der Waals surface area contributed by atoms with Crippen LogP contribution in [0.4, 0.5) is 0 Å². The summed E-state index contributed by atoms with van der Waals surface area (Å²) >= 11 is 0. The van der Waals surface area contributed by atoms with E-state index in [-0.39, 0.29) is 5.41 Å². The van der Waals surface area contributed by atoms with Gasteiger partial charge in [-0.3, -0.25) is 4.79 Å². The maximum atomic E-state index is 11.5. The summed E-state index contributed by atoms with van der Waals surface area (Å²) in [6.07, 6.45) is 5.61. The Bertz CT molecular complexity index is 292. The first-order valence-electron chi connectivity index (χ1n) is 6.27. The molecule has 2 fully saturated rings. The zero-order valence-electron chi connectivity index (χ0n) is 10.3. The lowest BCUT2D eigenvalue weighted by Crippen LogP contribution is -2.63. The van der Waals surface area contributed by atoms with Crippen LogP contribution in [0, 0.1) is 10.8 Å². The van der Waals surface area contributed by atoms with E-state index >= 15 is 0 Å². The standard InChI is InChI=1S/C13H22O3/c1-11(2)8-12(9-11,10(14)15)13(16)6-4-3-5-7-13/h16H,3-9H2,1-2H3,(H,14,15). The second kappa shape index (κ2) is 3.46. The quantitative estimate of drug-likeness (QED) is 0.760. The van der Waals surface area contributed by atoms with E-state index in [1.54, 1.807) is 0 Å². The number of hydrogen-bond acceptors (Lipinski definition) is 2. The van der Waals surface area contributed by atoms with E-state index in [1.165, 1.54) is 0 Å². The van der Waals surface area contributed by atoms with E-state index in [0.29, 0.717) is 25.7 Å². The first-order valence-corrected chi connectivity index (χ1v) is 6.27. The fourth-order valence-electron chi connectivity index (χ4n) is 3.88. The minimum absolute atomic E-state index is 0.0750. The topological polar surface area (TPSA) is 57.5 Å². The second-order valence-corrected chi connectivity index (χ2v) is 6.50. The van der Waals surface area contributed by atoms with Gasteiger partial charge >= 0.3 is 5.97 Å². The molecule has 2 aliphatic rings. The molecule has 0 aromatic carbocycles. The normalized spacial score (nSPS) is 30.4. The van der Waals surface area contributed by atoms with Crippen LogP contribution in [0.25, 0.3) is 0 Å². The minimum atomic E-state index is -0.952. The van der Waals surface area contributed by atoms with E-state index in [0.717, 1.165) is 19.3 Å². The average Bonchev–Trinajstić information content (AvgIpc) is 2.14. The fourth-order valence-corrected chi connectivity index (χ4v) is 3.88. The van der Waals surface area contributed by atoms with Crippen molar-refractivity contribution in [1.82, 2.24) is 0 Å². The van der Waals surface area contributed by atoms with Crippen molar-refractivity contribution in [2.75, 3.05) is 0 Å². The number of carboxylic acid groups (broad SMARTS) is 1. The Morgan fingerprint density at radius 3 is 1.94 bits per heavy atom. The van der Waals surface area contributed by atoms with Crippen molar-refractivity contribution in [1.29, 1.82) is 0 Å². The Labute approximate surface area is 96.9 Å². The molecule has 0 spiro atoms. The van der Waals surface area contributed by atoms with Gasteiger partial charge in [-0.25, -0.2) is 0 Å². The van der Waals surface area contributed by atoms with Crippen LogP contribution in [-0.4, -0.2) is 21.8 Å². The lowest BCUT2D eigenvalue weighted by molar-refractivity contribution is -0.213. The molecule has 0 radical (unpaired) electrons. The third-order valence-electron chi connectivity index (χ3n) is 4.54. The van der Waals surface area contributed by atoms with Gasteiger partial charge in [0.25, 0.3) is 0 Å². The molecule has 0 atom stereocenters. The Balaban J connectivity index is 2.24. The molecule has 2 aliphatic carbocycles. The third-order valence-corrected chi connectivity index (χ3v) is 4.54. The smallest absolute Gasteiger partial charge is 0.312 e. The molecule has 0 amide bonds. The van der Waals surface area contributed by atoms with Gasteiger partial charge in [0.1, 0.15) is 0 Å². The summed E-state index contributed by atoms with van der Waals surface area (Å²) in [5.74, 6) is -0.795. The molecule has 92 valence electrons. The van der Waals surface area contributed by atoms with Gasteiger partial charge in [-0.15, -0.1) is 0 Å². The largest absolute Gasteiger partial charge is 0.481 e. The van der Waals surface area contributed by atoms with Crippen LogP contribution < -0.4 is 0 Å². The minimum Gasteiger partial charge on any atom is -0.481 e. The van der Waals surface area contributed by atoms with Gasteiger partial charge in [-0.05, 0) is 31.1 Å². The number of hydrogen-bond donors (Lipinski definition) is 2. The Morgan fingerprint density at radius 1 is 1.06 bits per heavy atom. The number of carbonyl (C=O) groups is 1. The van der Waals surface area contributed by atoms with Crippen molar-refractivity contribution >= 4 is 5.97 Å². The predicted octanol–water partition coefficient (Wildman–Crippen LogP) is 2.57. The lowest BCUT2D eigenvalue weighted by Gasteiger charge is -2.59. The van der Waals surface area contributed by atoms with Gasteiger partial charge in [0, 0.05) is 0 Å². The summed E-state index contributed by atoms with van der Waals surface area (Å²) in [5.41, 5.74) is -1.74. The summed E-state index contributed by atoms with van der Waals surface area (Å²) in [6, 6.07) is 0. The molecule has 0 saturated heterocycles. The average molecular weight is 226 g/mol. The SMILES string of the molecule is CC1(C)CC(C(=O)O)(C2(O)CCCCC2)C1. The monoisotopic (exact) mass is 226 g/mol. The fraction of sp³-hybridized carbons (Fsp3) is 0.923. The second-order valence-electron chi connectivity index (χ2n) is 6.50. The van der Waals surface area contributed by atoms with E-state index in [1.807, 2.05) is 0 Å². The van der Waals surface area contributed by atoms with E-state index in [4.69, 9.17) is 0 Å². The van der Waals surface area contributed by atoms with Crippen molar-refractivity contribution in [3.05, 3.63) is 0 Å². The third kappa shape index (κ3) is 1.56. The highest BCUT2D eigenvalue weighted by Gasteiger charge is 2.65. The van der Waals surface area contributed by atoms with Crippen molar-refractivity contribution < 1.29 is 15.0 Å². The molecule has 0 unspecified atom stereocenters. The highest BCUT2D eigenvalue weighted by atomic mass is 16.4. The van der Waals surface area contributed by atoms with Crippen molar-refractivity contribution in [2.45, 2.75) is 64.4 Å². The Hall–Kier alpha value is -0.570. The zero-order chi connectivity index (χ0) is 12.0. The van der Waals surface area contributed by atoms with Crippen LogP contribution in [0.15, 0.2) is 0 Å². The lowest BCUT2D eigenvalue weighted by atomic mass is 9.46. The number of aliphatic carboxylic acids is 1. The first-order chi connectivity index (χ1) is 7.31. The van der Waals surface area contributed by atoms with Crippen LogP contribution in [0.3, 0.4) is 0 Å². The summed E-state index contributed by atoms with van der Waals surface area (Å²) in [4.78, 5) is 11.5. The summed E-state index contributed by atoms with van der Waals surface area (Å²) < 4.78 is 0. The van der Waals surface area contributed by atoms with Crippen LogP contribution in [0.2, 0.25) is 0 Å². The molecule has 0 aromatic heterocycles. The van der Waals surface area contributed by atoms with Crippen LogP contribution >= 0.6 is 0 Å². The Morgan fingerprint density at radius 2 is 1.56 bits per heavy atom. The molecule has 0 aliphatic heterocycles. The number of rotatable bonds is 2. The summed E-state index contributed by atoms with van der Waals surface area (Å²) in [5, 5.41) is 20.1.